The predicted octanol–water partition coefficient (Wildman–Crippen LogP) is 6.58. The highest BCUT2D eigenvalue weighted by Crippen LogP contribution is 2.37. The molecule has 2 aliphatic rings. The number of carbonyl (C=O) groups excluding carboxylic acids is 2. The number of ketones is 1. The summed E-state index contributed by atoms with van der Waals surface area (Å²) in [6.07, 6.45) is 5.91. The zero-order valence-corrected chi connectivity index (χ0v) is 17.0. The highest BCUT2D eigenvalue weighted by atomic mass is 35.5. The van der Waals surface area contributed by atoms with E-state index in [2.05, 4.69) is 12.1 Å². The lowest BCUT2D eigenvalue weighted by Crippen LogP contribution is -2.23. The minimum Gasteiger partial charge on any atom is -0.419 e. The Balaban J connectivity index is 0.00000109. The van der Waals surface area contributed by atoms with E-state index in [9.17, 15) is 9.59 Å². The molecule has 2 aromatic rings. The van der Waals surface area contributed by atoms with Gasteiger partial charge in [-0.05, 0) is 67.4 Å². The number of allylic oxidation sites excluding steroid dienone is 2. The summed E-state index contributed by atoms with van der Waals surface area (Å²) >= 11 is 5.96. The van der Waals surface area contributed by atoms with Gasteiger partial charge in [-0.3, -0.25) is 4.79 Å². The summed E-state index contributed by atoms with van der Waals surface area (Å²) in [5.41, 5.74) is 2.10. The number of carbonyl (C=O) groups is 2. The van der Waals surface area contributed by atoms with Crippen LogP contribution in [0.4, 0.5) is 0 Å². The summed E-state index contributed by atoms with van der Waals surface area (Å²) in [7, 11) is 0. The number of hydrogen-bond acceptors (Lipinski definition) is 3. The van der Waals surface area contributed by atoms with Gasteiger partial charge >= 0.3 is 5.97 Å². The topological polar surface area (TPSA) is 43.4 Å². The lowest BCUT2D eigenvalue weighted by atomic mass is 9.78. The Morgan fingerprint density at radius 1 is 0.893 bits per heavy atom. The van der Waals surface area contributed by atoms with E-state index in [1.165, 1.54) is 5.56 Å². The van der Waals surface area contributed by atoms with E-state index in [-0.39, 0.29) is 17.5 Å². The maximum Gasteiger partial charge on any atom is 0.344 e. The maximum absolute atomic E-state index is 12.6. The van der Waals surface area contributed by atoms with E-state index in [0.717, 1.165) is 30.7 Å². The number of esters is 1. The van der Waals surface area contributed by atoms with E-state index >= 15 is 0 Å². The van der Waals surface area contributed by atoms with Gasteiger partial charge in [0.25, 0.3) is 0 Å². The molecule has 0 radical (unpaired) electrons. The number of halogens is 1. The molecule has 0 N–H and O–H groups in total. The van der Waals surface area contributed by atoms with Crippen LogP contribution in [0.5, 0.6) is 0 Å². The van der Waals surface area contributed by atoms with E-state index in [0.29, 0.717) is 17.0 Å². The van der Waals surface area contributed by atoms with Crippen LogP contribution >= 0.6 is 11.6 Å². The fourth-order valence-corrected chi connectivity index (χ4v) is 4.00. The van der Waals surface area contributed by atoms with Gasteiger partial charge in [0.1, 0.15) is 0 Å². The van der Waals surface area contributed by atoms with Crippen molar-refractivity contribution in [3.05, 3.63) is 82.1 Å². The smallest absolute Gasteiger partial charge is 0.344 e. The van der Waals surface area contributed by atoms with Crippen molar-refractivity contribution in [1.29, 1.82) is 0 Å². The number of cyclic esters (lactones) is 1. The third-order valence-corrected chi connectivity index (χ3v) is 5.57. The molecule has 0 unspecified atom stereocenters. The van der Waals surface area contributed by atoms with E-state index in [4.69, 9.17) is 16.3 Å². The lowest BCUT2D eigenvalue weighted by Gasteiger charge is -2.28. The Bertz CT molecular complexity index is 875. The Kier molecular flexibility index (Phi) is 6.69. The van der Waals surface area contributed by atoms with Crippen LogP contribution in [0.25, 0.3) is 0 Å². The number of benzene rings is 2. The van der Waals surface area contributed by atoms with E-state index in [1.54, 1.807) is 24.3 Å². The van der Waals surface area contributed by atoms with Crippen LogP contribution in [0.15, 0.2) is 60.4 Å². The van der Waals surface area contributed by atoms with Crippen LogP contribution in [-0.2, 0) is 4.74 Å². The first-order chi connectivity index (χ1) is 13.6. The summed E-state index contributed by atoms with van der Waals surface area (Å²) in [5.74, 6) is 0.327. The molecule has 146 valence electrons. The molecule has 0 aromatic heterocycles. The van der Waals surface area contributed by atoms with Crippen LogP contribution in [0, 0.1) is 5.92 Å². The summed E-state index contributed by atoms with van der Waals surface area (Å²) in [4.78, 5) is 24.7. The average molecular weight is 397 g/mol. The van der Waals surface area contributed by atoms with Gasteiger partial charge in [-0.2, -0.15) is 0 Å². The van der Waals surface area contributed by atoms with Crippen molar-refractivity contribution in [2.75, 3.05) is 0 Å². The van der Waals surface area contributed by atoms with Gasteiger partial charge in [0.15, 0.2) is 5.76 Å². The molecule has 28 heavy (non-hydrogen) atoms. The van der Waals surface area contributed by atoms with E-state index < -0.39 is 5.97 Å². The van der Waals surface area contributed by atoms with Gasteiger partial charge in [0, 0.05) is 10.6 Å². The summed E-state index contributed by atoms with van der Waals surface area (Å²) in [6.45, 7) is 4.00. The first-order valence-electron chi connectivity index (χ1n) is 9.95. The van der Waals surface area contributed by atoms with Crippen molar-refractivity contribution in [2.45, 2.75) is 45.4 Å². The largest absolute Gasteiger partial charge is 0.419 e. The first-order valence-corrected chi connectivity index (χ1v) is 10.3. The molecule has 1 heterocycles. The van der Waals surface area contributed by atoms with Crippen molar-refractivity contribution in [2.24, 2.45) is 5.92 Å². The van der Waals surface area contributed by atoms with Gasteiger partial charge < -0.3 is 4.74 Å². The van der Waals surface area contributed by atoms with Crippen molar-refractivity contribution in [3.8, 4) is 0 Å². The normalized spacial score (nSPS) is 22.8. The van der Waals surface area contributed by atoms with E-state index in [1.807, 2.05) is 32.1 Å². The first kappa shape index (κ1) is 20.3. The molecule has 1 fully saturated rings. The SMILES string of the molecule is CC.O=C1O/C(=C\C2CCC(c3ccc(Cl)cc3)CC2)C(=O)c2ccccc21. The molecule has 0 saturated heterocycles. The Morgan fingerprint density at radius 3 is 2.14 bits per heavy atom. The predicted molar refractivity (Wildman–Crippen MR) is 112 cm³/mol. The molecule has 0 spiro atoms. The Morgan fingerprint density at radius 2 is 1.50 bits per heavy atom. The number of ether oxygens (including phenoxy) is 1. The zero-order valence-electron chi connectivity index (χ0n) is 16.3. The van der Waals surface area contributed by atoms with Crippen molar-refractivity contribution < 1.29 is 14.3 Å². The molecule has 1 saturated carbocycles. The van der Waals surface area contributed by atoms with Crippen LogP contribution < -0.4 is 0 Å². The zero-order chi connectivity index (χ0) is 20.1. The molecule has 0 bridgehead atoms. The maximum atomic E-state index is 12.6. The summed E-state index contributed by atoms with van der Waals surface area (Å²) < 4.78 is 5.31. The van der Waals surface area contributed by atoms with Crippen molar-refractivity contribution >= 4 is 23.4 Å². The lowest BCUT2D eigenvalue weighted by molar-refractivity contribution is 0.0559. The third-order valence-electron chi connectivity index (χ3n) is 5.32. The molecular weight excluding hydrogens is 372 g/mol. The van der Waals surface area contributed by atoms with Crippen LogP contribution in [0.3, 0.4) is 0 Å². The third kappa shape index (κ3) is 4.36. The molecule has 3 nitrogen and oxygen atoms in total. The fraction of sp³-hybridized carbons (Fsp3) is 0.333. The average Bonchev–Trinajstić information content (AvgIpc) is 2.74. The molecule has 4 rings (SSSR count). The summed E-state index contributed by atoms with van der Waals surface area (Å²) in [5, 5.41) is 0.755. The van der Waals surface area contributed by atoms with Gasteiger partial charge in [0.05, 0.1) is 5.56 Å². The molecule has 4 heteroatoms. The molecule has 1 aliphatic heterocycles. The minimum atomic E-state index is -0.443. The van der Waals surface area contributed by atoms with Crippen LogP contribution in [0.1, 0.15) is 71.7 Å². The highest BCUT2D eigenvalue weighted by molar-refractivity contribution is 6.30. The van der Waals surface area contributed by atoms with Crippen molar-refractivity contribution in [1.82, 2.24) is 0 Å². The molecule has 1 aliphatic carbocycles. The standard InChI is InChI=1S/C22H19ClO3.C2H6/c23-17-11-9-16(10-12-17)15-7-5-14(6-8-15)13-20-21(24)18-3-1-2-4-19(18)22(25)26-20;1-2/h1-4,9-15H,5-8H2;1-2H3/b20-13-;. The van der Waals surface area contributed by atoms with Gasteiger partial charge in [-0.15, -0.1) is 0 Å². The van der Waals surface area contributed by atoms with Crippen LogP contribution in [-0.4, -0.2) is 11.8 Å². The Hall–Kier alpha value is -2.39. The molecule has 0 atom stereocenters. The number of Topliss-reactive ketones (excluding diaryl/α,β-unsaturated/α-hetero) is 1. The second-order valence-electron chi connectivity index (χ2n) is 6.96. The molecular formula is C24H25ClO3. The Labute approximate surface area is 171 Å². The van der Waals surface area contributed by atoms with Gasteiger partial charge in [0.2, 0.25) is 5.78 Å². The quantitative estimate of drug-likeness (QED) is 0.425. The molecule has 2 aromatic carbocycles. The highest BCUT2D eigenvalue weighted by Gasteiger charge is 2.31. The fourth-order valence-electron chi connectivity index (χ4n) is 3.87. The minimum absolute atomic E-state index is 0.184. The monoisotopic (exact) mass is 396 g/mol. The number of hydrogen-bond donors (Lipinski definition) is 0. The van der Waals surface area contributed by atoms with Crippen molar-refractivity contribution in [3.63, 3.8) is 0 Å². The van der Waals surface area contributed by atoms with Crippen LogP contribution in [0.2, 0.25) is 5.02 Å². The number of fused-ring (bicyclic) bond motifs is 1. The second-order valence-corrected chi connectivity index (χ2v) is 7.39. The summed E-state index contributed by atoms with van der Waals surface area (Å²) in [6, 6.07) is 14.9. The second kappa shape index (κ2) is 9.20. The van der Waals surface area contributed by atoms with Gasteiger partial charge in [-0.25, -0.2) is 4.79 Å². The molecule has 0 amide bonds. The number of rotatable bonds is 2. The van der Waals surface area contributed by atoms with Gasteiger partial charge in [-0.1, -0.05) is 55.8 Å².